The lowest BCUT2D eigenvalue weighted by Crippen LogP contribution is -2.29. The summed E-state index contributed by atoms with van der Waals surface area (Å²) in [5.74, 6) is -0.562. The van der Waals surface area contributed by atoms with Crippen LogP contribution < -0.4 is 5.32 Å². The highest BCUT2D eigenvalue weighted by molar-refractivity contribution is 5.98. The summed E-state index contributed by atoms with van der Waals surface area (Å²) in [5, 5.41) is 2.81. The van der Waals surface area contributed by atoms with Gasteiger partial charge in [-0.1, -0.05) is 26.8 Å². The largest absolute Gasteiger partial charge is 0.469 e. The topological polar surface area (TPSA) is 75.7 Å². The average Bonchev–Trinajstić information content (AvgIpc) is 2.53. The number of benzene rings is 1. The molecule has 0 radical (unpaired) electrons. The zero-order chi connectivity index (χ0) is 18.3. The molecule has 0 atom stereocenters. The van der Waals surface area contributed by atoms with E-state index >= 15 is 0 Å². The lowest BCUT2D eigenvalue weighted by molar-refractivity contribution is -0.140. The molecule has 1 rings (SSSR count). The average molecular weight is 334 g/mol. The fourth-order valence-corrected chi connectivity index (χ4v) is 1.93. The Morgan fingerprint density at radius 3 is 2.46 bits per heavy atom. The predicted octanol–water partition coefficient (Wildman–Crippen LogP) is 2.70. The fraction of sp³-hybridized carbons (Fsp3) is 0.500. The van der Waals surface area contributed by atoms with Crippen LogP contribution in [-0.2, 0) is 14.3 Å². The molecule has 1 aromatic rings. The smallest absolute Gasteiger partial charge is 0.305 e. The first-order valence-corrected chi connectivity index (χ1v) is 7.89. The van der Waals surface area contributed by atoms with Gasteiger partial charge in [0.1, 0.15) is 0 Å². The Morgan fingerprint density at radius 1 is 1.21 bits per heavy atom. The maximum atomic E-state index is 12.4. The molecule has 1 N–H and O–H groups in total. The maximum absolute atomic E-state index is 12.4. The van der Waals surface area contributed by atoms with Gasteiger partial charge in [0, 0.05) is 36.7 Å². The van der Waals surface area contributed by atoms with Gasteiger partial charge in [0.25, 0.3) is 5.91 Å². The molecule has 0 bridgehead atoms. The van der Waals surface area contributed by atoms with Gasteiger partial charge in [0.15, 0.2) is 0 Å². The Morgan fingerprint density at radius 2 is 1.88 bits per heavy atom. The summed E-state index contributed by atoms with van der Waals surface area (Å²) in [4.78, 5) is 37.1. The van der Waals surface area contributed by atoms with Gasteiger partial charge < -0.3 is 15.0 Å². The SMILES string of the molecule is COC(=O)CCCN(C)C(=O)c1cccc(NC(=O)C(C)(C)C)c1. The van der Waals surface area contributed by atoms with Crippen LogP contribution in [0.3, 0.4) is 0 Å². The number of anilines is 1. The minimum absolute atomic E-state index is 0.112. The van der Waals surface area contributed by atoms with E-state index in [1.807, 2.05) is 20.8 Å². The van der Waals surface area contributed by atoms with E-state index in [0.717, 1.165) is 0 Å². The molecule has 0 unspecified atom stereocenters. The number of nitrogens with one attached hydrogen (secondary N) is 1. The van der Waals surface area contributed by atoms with Gasteiger partial charge in [0.2, 0.25) is 5.91 Å². The normalized spacial score (nSPS) is 10.9. The van der Waals surface area contributed by atoms with Crippen LogP contribution in [-0.4, -0.2) is 43.4 Å². The third-order valence-corrected chi connectivity index (χ3v) is 3.50. The lowest BCUT2D eigenvalue weighted by Gasteiger charge is -2.19. The van der Waals surface area contributed by atoms with Crippen LogP contribution >= 0.6 is 0 Å². The second-order valence-electron chi connectivity index (χ2n) is 6.69. The summed E-state index contributed by atoms with van der Waals surface area (Å²) in [5.41, 5.74) is 0.566. The number of ether oxygens (including phenoxy) is 1. The van der Waals surface area contributed by atoms with Crippen molar-refractivity contribution in [2.45, 2.75) is 33.6 Å². The van der Waals surface area contributed by atoms with Crippen LogP contribution in [0, 0.1) is 5.41 Å². The molecular formula is C18H26N2O4. The van der Waals surface area contributed by atoms with Crippen molar-refractivity contribution in [1.29, 1.82) is 0 Å². The molecule has 6 heteroatoms. The molecule has 0 saturated carbocycles. The van der Waals surface area contributed by atoms with Crippen molar-refractivity contribution in [1.82, 2.24) is 4.90 Å². The number of amides is 2. The number of hydrogen-bond acceptors (Lipinski definition) is 4. The Bertz CT molecular complexity index is 605. The second-order valence-corrected chi connectivity index (χ2v) is 6.69. The van der Waals surface area contributed by atoms with Crippen LogP contribution in [0.2, 0.25) is 0 Å². The highest BCUT2D eigenvalue weighted by atomic mass is 16.5. The molecule has 0 aliphatic heterocycles. The number of carbonyl (C=O) groups is 3. The molecule has 0 heterocycles. The van der Waals surface area contributed by atoms with E-state index in [-0.39, 0.29) is 24.2 Å². The van der Waals surface area contributed by atoms with Crippen molar-refractivity contribution in [2.75, 3.05) is 26.0 Å². The monoisotopic (exact) mass is 334 g/mol. The molecule has 0 aliphatic rings. The number of hydrogen-bond donors (Lipinski definition) is 1. The number of esters is 1. The third kappa shape index (κ3) is 6.02. The van der Waals surface area contributed by atoms with Crippen LogP contribution in [0.15, 0.2) is 24.3 Å². The number of nitrogens with zero attached hydrogens (tertiary/aromatic N) is 1. The van der Waals surface area contributed by atoms with Gasteiger partial charge in [-0.25, -0.2) is 0 Å². The van der Waals surface area contributed by atoms with Gasteiger partial charge in [-0.2, -0.15) is 0 Å². The molecule has 0 spiro atoms. The van der Waals surface area contributed by atoms with Gasteiger partial charge >= 0.3 is 5.97 Å². The van der Waals surface area contributed by atoms with Crippen molar-refractivity contribution >= 4 is 23.5 Å². The van der Waals surface area contributed by atoms with E-state index in [0.29, 0.717) is 24.2 Å². The van der Waals surface area contributed by atoms with Gasteiger partial charge in [-0.3, -0.25) is 14.4 Å². The molecule has 0 aliphatic carbocycles. The van der Waals surface area contributed by atoms with Crippen molar-refractivity contribution in [3.63, 3.8) is 0 Å². The van der Waals surface area contributed by atoms with E-state index in [9.17, 15) is 14.4 Å². The van der Waals surface area contributed by atoms with Crippen molar-refractivity contribution in [3.05, 3.63) is 29.8 Å². The van der Waals surface area contributed by atoms with Crippen LogP contribution in [0.25, 0.3) is 0 Å². The predicted molar refractivity (Wildman–Crippen MR) is 92.7 cm³/mol. The molecule has 0 aromatic heterocycles. The Labute approximate surface area is 143 Å². The van der Waals surface area contributed by atoms with Crippen molar-refractivity contribution < 1.29 is 19.1 Å². The van der Waals surface area contributed by atoms with Gasteiger partial charge in [0.05, 0.1) is 7.11 Å². The summed E-state index contributed by atoms with van der Waals surface area (Å²) >= 11 is 0. The van der Waals surface area contributed by atoms with Gasteiger partial charge in [-0.15, -0.1) is 0 Å². The molecule has 2 amide bonds. The molecule has 6 nitrogen and oxygen atoms in total. The Kier molecular flexibility index (Phi) is 6.95. The van der Waals surface area contributed by atoms with E-state index in [1.54, 1.807) is 36.2 Å². The van der Waals surface area contributed by atoms with Gasteiger partial charge in [-0.05, 0) is 24.6 Å². The summed E-state index contributed by atoms with van der Waals surface area (Å²) in [6.07, 6.45) is 0.811. The zero-order valence-electron chi connectivity index (χ0n) is 15.0. The van der Waals surface area contributed by atoms with Crippen LogP contribution in [0.5, 0.6) is 0 Å². The first kappa shape index (κ1) is 19.7. The molecule has 1 aromatic carbocycles. The second kappa shape index (κ2) is 8.47. The molecular weight excluding hydrogens is 308 g/mol. The minimum Gasteiger partial charge on any atom is -0.469 e. The standard InChI is InChI=1S/C18H26N2O4/c1-18(2,3)17(23)19-14-9-6-8-13(12-14)16(22)20(4)11-7-10-15(21)24-5/h6,8-9,12H,7,10-11H2,1-5H3,(H,19,23). The number of methoxy groups -OCH3 is 1. The fourth-order valence-electron chi connectivity index (χ4n) is 1.93. The van der Waals surface area contributed by atoms with Crippen LogP contribution in [0.4, 0.5) is 5.69 Å². The number of rotatable bonds is 6. The van der Waals surface area contributed by atoms with Crippen LogP contribution in [0.1, 0.15) is 44.0 Å². The Balaban J connectivity index is 2.69. The summed E-state index contributed by atoms with van der Waals surface area (Å²) in [6, 6.07) is 6.83. The van der Waals surface area contributed by atoms with E-state index in [2.05, 4.69) is 10.1 Å². The minimum atomic E-state index is -0.509. The third-order valence-electron chi connectivity index (χ3n) is 3.50. The first-order chi connectivity index (χ1) is 11.1. The van der Waals surface area contributed by atoms with Crippen molar-refractivity contribution in [3.8, 4) is 0 Å². The molecule has 24 heavy (non-hydrogen) atoms. The maximum Gasteiger partial charge on any atom is 0.305 e. The molecule has 0 saturated heterocycles. The van der Waals surface area contributed by atoms with Crippen molar-refractivity contribution in [2.24, 2.45) is 5.41 Å². The number of carbonyl (C=O) groups excluding carboxylic acids is 3. The molecule has 0 fully saturated rings. The van der Waals surface area contributed by atoms with E-state index < -0.39 is 5.41 Å². The quantitative estimate of drug-likeness (QED) is 0.812. The highest BCUT2D eigenvalue weighted by Gasteiger charge is 2.21. The Hall–Kier alpha value is -2.37. The van der Waals surface area contributed by atoms with E-state index in [4.69, 9.17) is 0 Å². The first-order valence-electron chi connectivity index (χ1n) is 7.89. The lowest BCUT2D eigenvalue weighted by atomic mass is 9.95. The van der Waals surface area contributed by atoms with E-state index in [1.165, 1.54) is 7.11 Å². The summed E-state index contributed by atoms with van der Waals surface area (Å²) in [7, 11) is 3.02. The highest BCUT2D eigenvalue weighted by Crippen LogP contribution is 2.18. The summed E-state index contributed by atoms with van der Waals surface area (Å²) in [6.45, 7) is 5.93. The zero-order valence-corrected chi connectivity index (χ0v) is 15.0. The summed E-state index contributed by atoms with van der Waals surface area (Å²) < 4.78 is 4.57. The molecule has 132 valence electrons.